The van der Waals surface area contributed by atoms with E-state index in [1.807, 2.05) is 42.5 Å². The van der Waals surface area contributed by atoms with E-state index in [1.165, 1.54) is 0 Å². The Morgan fingerprint density at radius 2 is 1.90 bits per heavy atom. The summed E-state index contributed by atoms with van der Waals surface area (Å²) < 4.78 is 0. The van der Waals surface area contributed by atoms with Crippen LogP contribution in [0.4, 0.5) is 5.69 Å². The quantitative estimate of drug-likeness (QED) is 0.487. The minimum Gasteiger partial charge on any atom is -0.326 e. The molecule has 2 aromatic carbocycles. The first-order valence-electron chi connectivity index (χ1n) is 9.64. The van der Waals surface area contributed by atoms with Crippen molar-refractivity contribution in [2.24, 2.45) is 0 Å². The van der Waals surface area contributed by atoms with Crippen molar-refractivity contribution >= 4 is 22.4 Å². The first kappa shape index (κ1) is 20.2. The summed E-state index contributed by atoms with van der Waals surface area (Å²) in [7, 11) is 0. The number of fused-ring (bicyclic) bond motifs is 1. The average molecular weight is 389 g/mol. The zero-order valence-corrected chi connectivity index (χ0v) is 16.1. The number of unbranched alkanes of at least 4 members (excludes halogenated alkanes) is 1. The van der Waals surface area contributed by atoms with Crippen LogP contribution in [0.2, 0.25) is 0 Å². The third-order valence-corrected chi connectivity index (χ3v) is 4.54. The van der Waals surface area contributed by atoms with Crippen molar-refractivity contribution in [1.29, 1.82) is 5.26 Å². The topological polar surface area (TPSA) is 111 Å². The van der Waals surface area contributed by atoms with Crippen molar-refractivity contribution in [3.05, 3.63) is 58.9 Å². The van der Waals surface area contributed by atoms with E-state index in [1.54, 1.807) is 6.07 Å². The predicted octanol–water partition coefficient (Wildman–Crippen LogP) is 3.20. The number of rotatable bonds is 9. The Hall–Kier alpha value is -3.50. The molecule has 0 spiro atoms. The molecule has 0 bridgehead atoms. The first-order chi connectivity index (χ1) is 14.2. The first-order valence-corrected chi connectivity index (χ1v) is 9.64. The number of carbonyl (C=O) groups excluding carboxylic acids is 1. The zero-order valence-electron chi connectivity index (χ0n) is 16.1. The van der Waals surface area contributed by atoms with Gasteiger partial charge in [-0.3, -0.25) is 9.59 Å². The van der Waals surface area contributed by atoms with E-state index in [9.17, 15) is 9.59 Å². The normalized spacial score (nSPS) is 10.6. The molecular formula is C22H23N5O2. The van der Waals surface area contributed by atoms with Crippen molar-refractivity contribution < 1.29 is 4.79 Å². The molecule has 0 saturated carbocycles. The maximum Gasteiger partial charge on any atom is 0.272 e. The van der Waals surface area contributed by atoms with Crippen molar-refractivity contribution in [3.63, 3.8) is 0 Å². The molecular weight excluding hydrogens is 366 g/mol. The third-order valence-electron chi connectivity index (χ3n) is 4.54. The molecule has 29 heavy (non-hydrogen) atoms. The number of aromatic amines is 1. The van der Waals surface area contributed by atoms with E-state index in [4.69, 9.17) is 5.26 Å². The second-order valence-corrected chi connectivity index (χ2v) is 6.69. The number of H-pyrrole nitrogens is 1. The monoisotopic (exact) mass is 389 g/mol. The average Bonchev–Trinajstić information content (AvgIpc) is 2.74. The van der Waals surface area contributed by atoms with E-state index >= 15 is 0 Å². The lowest BCUT2D eigenvalue weighted by atomic mass is 10.0. The highest BCUT2D eigenvalue weighted by molar-refractivity contribution is 5.95. The largest absolute Gasteiger partial charge is 0.326 e. The van der Waals surface area contributed by atoms with Crippen molar-refractivity contribution in [3.8, 4) is 17.3 Å². The molecule has 0 aliphatic heterocycles. The summed E-state index contributed by atoms with van der Waals surface area (Å²) in [4.78, 5) is 24.2. The van der Waals surface area contributed by atoms with Crippen LogP contribution < -0.4 is 16.2 Å². The molecule has 0 fully saturated rings. The SMILES string of the molecule is N#CCCNCCCCC(=O)Nc1cccc(-c2n[nH]c(=O)c3ccccc23)c1. The standard InChI is InChI=1S/C22H23N5O2/c23-12-6-14-24-13-4-3-11-20(28)25-17-8-5-7-16(15-17)21-18-9-1-2-10-19(18)22(29)27-26-21/h1-2,5,7-10,15,24H,3-4,6,11,13-14H2,(H,25,28)(H,27,29). The Kier molecular flexibility index (Phi) is 7.09. The van der Waals surface area contributed by atoms with E-state index in [2.05, 4.69) is 26.9 Å². The fourth-order valence-electron chi connectivity index (χ4n) is 3.11. The molecule has 1 amide bonds. The van der Waals surface area contributed by atoms with Crippen molar-refractivity contribution in [2.45, 2.75) is 25.7 Å². The highest BCUT2D eigenvalue weighted by Crippen LogP contribution is 2.26. The van der Waals surface area contributed by atoms with Gasteiger partial charge in [-0.15, -0.1) is 0 Å². The Morgan fingerprint density at radius 3 is 2.72 bits per heavy atom. The molecule has 3 aromatic rings. The fraction of sp³-hybridized carbons (Fsp3) is 0.273. The predicted molar refractivity (Wildman–Crippen MR) is 113 cm³/mol. The van der Waals surface area contributed by atoms with Gasteiger partial charge in [0.2, 0.25) is 5.91 Å². The van der Waals surface area contributed by atoms with Gasteiger partial charge in [0.05, 0.1) is 17.1 Å². The second kappa shape index (κ2) is 10.2. The summed E-state index contributed by atoms with van der Waals surface area (Å²) in [5, 5.41) is 22.7. The van der Waals surface area contributed by atoms with Crippen LogP contribution in [-0.2, 0) is 4.79 Å². The Labute approximate surface area is 168 Å². The van der Waals surface area contributed by atoms with Gasteiger partial charge in [0, 0.05) is 36.0 Å². The number of hydrogen-bond donors (Lipinski definition) is 3. The van der Waals surface area contributed by atoms with Gasteiger partial charge < -0.3 is 10.6 Å². The van der Waals surface area contributed by atoms with Crippen LogP contribution in [0.5, 0.6) is 0 Å². The maximum absolute atomic E-state index is 12.2. The molecule has 3 N–H and O–H groups in total. The third kappa shape index (κ3) is 5.50. The van der Waals surface area contributed by atoms with Crippen molar-refractivity contribution in [1.82, 2.24) is 15.5 Å². The van der Waals surface area contributed by atoms with E-state index in [0.717, 1.165) is 30.3 Å². The van der Waals surface area contributed by atoms with Crippen LogP contribution in [0.3, 0.4) is 0 Å². The van der Waals surface area contributed by atoms with E-state index < -0.39 is 0 Å². The molecule has 0 atom stereocenters. The van der Waals surface area contributed by atoms with Crippen LogP contribution in [0, 0.1) is 11.3 Å². The number of benzene rings is 2. The highest BCUT2D eigenvalue weighted by atomic mass is 16.1. The summed E-state index contributed by atoms with van der Waals surface area (Å²) in [5.41, 5.74) is 1.95. The van der Waals surface area contributed by atoms with Crippen LogP contribution in [-0.4, -0.2) is 29.2 Å². The van der Waals surface area contributed by atoms with Gasteiger partial charge in [0.1, 0.15) is 0 Å². The lowest BCUT2D eigenvalue weighted by molar-refractivity contribution is -0.116. The van der Waals surface area contributed by atoms with Crippen LogP contribution in [0.1, 0.15) is 25.7 Å². The number of hydrogen-bond acceptors (Lipinski definition) is 5. The number of nitrogens with one attached hydrogen (secondary N) is 3. The Balaban J connectivity index is 1.62. The summed E-state index contributed by atoms with van der Waals surface area (Å²) in [6, 6.07) is 16.8. The molecule has 0 saturated heterocycles. The molecule has 148 valence electrons. The Morgan fingerprint density at radius 1 is 1.07 bits per heavy atom. The smallest absolute Gasteiger partial charge is 0.272 e. The number of nitriles is 1. The number of aromatic nitrogens is 2. The number of nitrogens with zero attached hydrogens (tertiary/aromatic N) is 2. The van der Waals surface area contributed by atoms with E-state index in [0.29, 0.717) is 36.2 Å². The molecule has 7 nitrogen and oxygen atoms in total. The summed E-state index contributed by atoms with van der Waals surface area (Å²) in [5.74, 6) is -0.0431. The molecule has 1 aromatic heterocycles. The summed E-state index contributed by atoms with van der Waals surface area (Å²) in [6.45, 7) is 1.48. The number of anilines is 1. The van der Waals surface area contributed by atoms with Gasteiger partial charge in [0.25, 0.3) is 5.56 Å². The van der Waals surface area contributed by atoms with Crippen molar-refractivity contribution in [2.75, 3.05) is 18.4 Å². The molecule has 3 rings (SSSR count). The van der Waals surface area contributed by atoms with Gasteiger partial charge in [-0.1, -0.05) is 30.3 Å². The van der Waals surface area contributed by atoms with Crippen LogP contribution in [0.15, 0.2) is 53.3 Å². The number of carbonyl (C=O) groups is 1. The Bertz CT molecular complexity index is 1080. The lowest BCUT2D eigenvalue weighted by Crippen LogP contribution is -2.17. The number of amides is 1. The van der Waals surface area contributed by atoms with Gasteiger partial charge in [-0.25, -0.2) is 5.10 Å². The molecule has 0 aliphatic carbocycles. The summed E-state index contributed by atoms with van der Waals surface area (Å²) in [6.07, 6.45) is 2.59. The van der Waals surface area contributed by atoms with Crippen LogP contribution >= 0.6 is 0 Å². The minimum absolute atomic E-state index is 0.0431. The highest BCUT2D eigenvalue weighted by Gasteiger charge is 2.10. The molecule has 0 aliphatic rings. The second-order valence-electron chi connectivity index (χ2n) is 6.69. The molecule has 0 unspecified atom stereocenters. The van der Waals surface area contributed by atoms with Crippen LogP contribution in [0.25, 0.3) is 22.0 Å². The summed E-state index contributed by atoms with van der Waals surface area (Å²) >= 11 is 0. The lowest BCUT2D eigenvalue weighted by Gasteiger charge is -2.09. The van der Waals surface area contributed by atoms with Gasteiger partial charge in [-0.2, -0.15) is 10.4 Å². The molecule has 0 radical (unpaired) electrons. The fourth-order valence-corrected chi connectivity index (χ4v) is 3.11. The zero-order chi connectivity index (χ0) is 20.5. The van der Waals surface area contributed by atoms with E-state index in [-0.39, 0.29) is 11.5 Å². The van der Waals surface area contributed by atoms with Gasteiger partial charge in [-0.05, 0) is 37.6 Å². The molecule has 7 heteroatoms. The minimum atomic E-state index is -0.226. The maximum atomic E-state index is 12.2. The van der Waals surface area contributed by atoms with Gasteiger partial charge in [0.15, 0.2) is 0 Å². The van der Waals surface area contributed by atoms with Gasteiger partial charge >= 0.3 is 0 Å². The molecule has 1 heterocycles.